The van der Waals surface area contributed by atoms with Gasteiger partial charge in [-0.2, -0.15) is 0 Å². The van der Waals surface area contributed by atoms with Gasteiger partial charge < -0.3 is 15.5 Å². The highest BCUT2D eigenvalue weighted by atomic mass is 32.2. The average molecular weight is 472 g/mol. The molecular weight excluding hydrogens is 438 g/mol. The third-order valence-corrected chi connectivity index (χ3v) is 7.24. The summed E-state index contributed by atoms with van der Waals surface area (Å²) in [5, 5.41) is 6.65. The zero-order chi connectivity index (χ0) is 24.1. The zero-order valence-electron chi connectivity index (χ0n) is 20.4. The molecule has 0 atom stereocenters. The Balaban J connectivity index is 1.39. The third-order valence-electron chi connectivity index (χ3n) is 6.08. The lowest BCUT2D eigenvalue weighted by Gasteiger charge is -2.23. The van der Waals surface area contributed by atoms with Crippen molar-refractivity contribution in [3.05, 3.63) is 89.0 Å². The molecule has 5 heteroatoms. The first-order valence-corrected chi connectivity index (χ1v) is 12.8. The van der Waals surface area contributed by atoms with Gasteiger partial charge in [0, 0.05) is 51.9 Å². The van der Waals surface area contributed by atoms with Crippen LogP contribution in [0, 0.1) is 13.8 Å². The number of carbonyl (C=O) groups excluding carboxylic acids is 1. The van der Waals surface area contributed by atoms with Crippen LogP contribution in [-0.4, -0.2) is 25.5 Å². The van der Waals surface area contributed by atoms with Gasteiger partial charge >= 0.3 is 0 Å². The van der Waals surface area contributed by atoms with Crippen molar-refractivity contribution in [3.8, 4) is 0 Å². The van der Waals surface area contributed by atoms with Gasteiger partial charge in [0.15, 0.2) is 0 Å². The van der Waals surface area contributed by atoms with E-state index in [-0.39, 0.29) is 5.91 Å². The van der Waals surface area contributed by atoms with Crippen molar-refractivity contribution in [1.82, 2.24) is 5.32 Å². The van der Waals surface area contributed by atoms with Crippen molar-refractivity contribution >= 4 is 34.7 Å². The van der Waals surface area contributed by atoms with Gasteiger partial charge in [0.2, 0.25) is 0 Å². The zero-order valence-corrected chi connectivity index (χ0v) is 21.3. The molecule has 3 aromatic rings. The predicted octanol–water partition coefficient (Wildman–Crippen LogP) is 6.89. The minimum atomic E-state index is -0.0344. The second kappa shape index (κ2) is 10.8. The maximum Gasteiger partial charge on any atom is 0.251 e. The predicted molar refractivity (Wildman–Crippen MR) is 145 cm³/mol. The molecule has 0 fully saturated rings. The van der Waals surface area contributed by atoms with E-state index in [2.05, 4.69) is 84.8 Å². The summed E-state index contributed by atoms with van der Waals surface area (Å²) in [6.45, 7) is 10.9. The van der Waals surface area contributed by atoms with Crippen LogP contribution in [0.2, 0.25) is 0 Å². The summed E-state index contributed by atoms with van der Waals surface area (Å²) in [6.07, 6.45) is 2.98. The molecule has 176 valence electrons. The Labute approximate surface area is 207 Å². The number of benzene rings is 3. The van der Waals surface area contributed by atoms with E-state index in [1.807, 2.05) is 25.1 Å². The summed E-state index contributed by atoms with van der Waals surface area (Å²) in [7, 11) is 0. The van der Waals surface area contributed by atoms with Gasteiger partial charge in [0.1, 0.15) is 0 Å². The van der Waals surface area contributed by atoms with Crippen LogP contribution in [0.4, 0.5) is 11.4 Å². The van der Waals surface area contributed by atoms with E-state index in [9.17, 15) is 4.79 Å². The van der Waals surface area contributed by atoms with Crippen LogP contribution in [0.3, 0.4) is 0 Å². The number of amides is 1. The number of anilines is 2. The highest BCUT2D eigenvalue weighted by molar-refractivity contribution is 7.99. The van der Waals surface area contributed by atoms with Crippen molar-refractivity contribution in [2.24, 2.45) is 0 Å². The number of rotatable bonds is 7. The smallest absolute Gasteiger partial charge is 0.251 e. The molecule has 3 aromatic carbocycles. The number of hydrogen-bond acceptors (Lipinski definition) is 4. The molecule has 1 amide bonds. The van der Waals surface area contributed by atoms with E-state index in [0.717, 1.165) is 35.8 Å². The lowest BCUT2D eigenvalue weighted by Crippen LogP contribution is -2.30. The summed E-state index contributed by atoms with van der Waals surface area (Å²) < 4.78 is 0. The highest BCUT2D eigenvalue weighted by Gasteiger charge is 2.19. The number of nitrogens with one attached hydrogen (secondary N) is 2. The van der Waals surface area contributed by atoms with E-state index >= 15 is 0 Å². The van der Waals surface area contributed by atoms with E-state index in [4.69, 9.17) is 0 Å². The Morgan fingerprint density at radius 1 is 1.03 bits per heavy atom. The number of nitrogens with zero attached hydrogens (tertiary/aromatic N) is 1. The number of allylic oxidation sites excluding steroid dienone is 1. The Morgan fingerprint density at radius 3 is 2.59 bits per heavy atom. The standard InChI is InChI=1S/C29H33N3OS/c1-5-25-24-18-21(4)11-13-27(24)34-28-14-12-22(19-26(28)31-25)29(33)30-15-8-16-32(6-2)23-10-7-9-20(3)17-23/h5,7,9-14,17-19,31H,6,8,15-16H2,1-4H3,(H,30,33). The number of carbonyl (C=O) groups is 1. The van der Waals surface area contributed by atoms with E-state index < -0.39 is 0 Å². The van der Waals surface area contributed by atoms with E-state index in [1.54, 1.807) is 11.8 Å². The van der Waals surface area contributed by atoms with E-state index in [1.165, 1.54) is 27.3 Å². The fraction of sp³-hybridized carbons (Fsp3) is 0.276. The van der Waals surface area contributed by atoms with Crippen LogP contribution in [0.5, 0.6) is 0 Å². The fourth-order valence-corrected chi connectivity index (χ4v) is 5.24. The number of fused-ring (bicyclic) bond motifs is 2. The average Bonchev–Trinajstić information content (AvgIpc) is 2.99. The molecule has 0 spiro atoms. The molecule has 34 heavy (non-hydrogen) atoms. The summed E-state index contributed by atoms with van der Waals surface area (Å²) in [5.41, 5.74) is 7.64. The molecule has 1 heterocycles. The number of hydrogen-bond donors (Lipinski definition) is 2. The van der Waals surface area contributed by atoms with Gasteiger partial charge in [-0.05, 0) is 82.1 Å². The van der Waals surface area contributed by atoms with Gasteiger partial charge in [-0.1, -0.05) is 41.6 Å². The van der Waals surface area contributed by atoms with Gasteiger partial charge in [-0.25, -0.2) is 0 Å². The molecule has 0 radical (unpaired) electrons. The number of aryl methyl sites for hydroxylation is 2. The molecule has 2 N–H and O–H groups in total. The monoisotopic (exact) mass is 471 g/mol. The van der Waals surface area contributed by atoms with Crippen molar-refractivity contribution in [2.45, 2.75) is 43.9 Å². The summed E-state index contributed by atoms with van der Waals surface area (Å²) in [4.78, 5) is 17.6. The first-order chi connectivity index (χ1) is 16.5. The van der Waals surface area contributed by atoms with Crippen LogP contribution >= 0.6 is 11.8 Å². The van der Waals surface area contributed by atoms with Crippen LogP contribution < -0.4 is 15.5 Å². The van der Waals surface area contributed by atoms with Crippen LogP contribution in [0.25, 0.3) is 5.70 Å². The highest BCUT2D eigenvalue weighted by Crippen LogP contribution is 2.42. The Bertz CT molecular complexity index is 1220. The molecule has 0 aliphatic carbocycles. The van der Waals surface area contributed by atoms with Gasteiger partial charge in [-0.15, -0.1) is 0 Å². The van der Waals surface area contributed by atoms with Crippen LogP contribution in [-0.2, 0) is 0 Å². The summed E-state index contributed by atoms with van der Waals surface area (Å²) in [6, 6.07) is 21.0. The lowest BCUT2D eigenvalue weighted by atomic mass is 10.1. The van der Waals surface area contributed by atoms with Crippen molar-refractivity contribution in [1.29, 1.82) is 0 Å². The Morgan fingerprint density at radius 2 is 1.82 bits per heavy atom. The topological polar surface area (TPSA) is 44.4 Å². The fourth-order valence-electron chi connectivity index (χ4n) is 4.23. The molecule has 0 unspecified atom stereocenters. The molecular formula is C29H33N3OS. The molecule has 0 aromatic heterocycles. The first-order valence-electron chi connectivity index (χ1n) is 11.9. The van der Waals surface area contributed by atoms with E-state index in [0.29, 0.717) is 12.1 Å². The van der Waals surface area contributed by atoms with Crippen LogP contribution in [0.15, 0.2) is 76.5 Å². The molecule has 1 aliphatic rings. The van der Waals surface area contributed by atoms with Crippen LogP contribution in [0.1, 0.15) is 47.3 Å². The van der Waals surface area contributed by atoms with Gasteiger partial charge in [0.25, 0.3) is 5.91 Å². The second-order valence-corrected chi connectivity index (χ2v) is 9.75. The maximum atomic E-state index is 12.9. The first kappa shape index (κ1) is 24.0. The molecule has 1 aliphatic heterocycles. The van der Waals surface area contributed by atoms with Gasteiger partial charge in [0.05, 0.1) is 5.69 Å². The molecule has 4 nitrogen and oxygen atoms in total. The minimum absolute atomic E-state index is 0.0344. The summed E-state index contributed by atoms with van der Waals surface area (Å²) >= 11 is 1.74. The Kier molecular flexibility index (Phi) is 7.63. The quantitative estimate of drug-likeness (QED) is 0.368. The molecule has 0 saturated heterocycles. The van der Waals surface area contributed by atoms with Gasteiger partial charge in [-0.3, -0.25) is 4.79 Å². The maximum absolute atomic E-state index is 12.9. The summed E-state index contributed by atoms with van der Waals surface area (Å²) in [5.74, 6) is -0.0344. The molecule has 0 saturated carbocycles. The third kappa shape index (κ3) is 5.48. The van der Waals surface area contributed by atoms with Crippen molar-refractivity contribution in [3.63, 3.8) is 0 Å². The molecule has 4 rings (SSSR count). The Hall–Kier alpha value is -3.18. The van der Waals surface area contributed by atoms with Crippen molar-refractivity contribution < 1.29 is 4.79 Å². The lowest BCUT2D eigenvalue weighted by molar-refractivity contribution is 0.0953. The second-order valence-electron chi connectivity index (χ2n) is 8.67. The SMILES string of the molecule is CC=C1Nc2cc(C(=O)NCCCN(CC)c3cccc(C)c3)ccc2Sc2ccc(C)cc21. The minimum Gasteiger partial charge on any atom is -0.372 e. The largest absolute Gasteiger partial charge is 0.372 e. The molecule has 0 bridgehead atoms. The van der Waals surface area contributed by atoms with Crippen molar-refractivity contribution in [2.75, 3.05) is 29.9 Å². The normalized spacial score (nSPS) is 13.5.